The molecule has 3 aromatic rings. The highest BCUT2D eigenvalue weighted by Gasteiger charge is 2.18. The Morgan fingerprint density at radius 1 is 1.00 bits per heavy atom. The minimum atomic E-state index is -0.678. The van der Waals surface area contributed by atoms with E-state index in [1.54, 1.807) is 36.4 Å². The van der Waals surface area contributed by atoms with E-state index in [1.165, 1.54) is 43.5 Å². The highest BCUT2D eigenvalue weighted by molar-refractivity contribution is 6.34. The van der Waals surface area contributed by atoms with Crippen LogP contribution >= 0.6 is 23.2 Å². The maximum Gasteiger partial charge on any atom is 0.272 e. The largest absolute Gasteiger partial charge is 0.495 e. The van der Waals surface area contributed by atoms with Gasteiger partial charge in [-0.3, -0.25) is 19.7 Å². The Morgan fingerprint density at radius 2 is 1.76 bits per heavy atom. The standard InChI is InChI=1S/C23H17Cl2N3O5/c1-33-21-10-9-15(13-19(21)25)26-23(30)20(12-14-5-4-6-16(11-14)28(31)32)27-22(29)17-7-2-3-8-18(17)24/h2-13H,1H3,(H,26,30)(H,27,29)/b20-12+. The lowest BCUT2D eigenvalue weighted by Crippen LogP contribution is -2.31. The van der Waals surface area contributed by atoms with Crippen molar-refractivity contribution in [1.29, 1.82) is 0 Å². The average molecular weight is 486 g/mol. The smallest absolute Gasteiger partial charge is 0.272 e. The molecule has 8 nitrogen and oxygen atoms in total. The maximum absolute atomic E-state index is 13.0. The van der Waals surface area contributed by atoms with Crippen molar-refractivity contribution in [2.24, 2.45) is 0 Å². The minimum absolute atomic E-state index is 0.157. The van der Waals surface area contributed by atoms with Crippen molar-refractivity contribution in [1.82, 2.24) is 5.32 Å². The molecule has 10 heteroatoms. The van der Waals surface area contributed by atoms with Gasteiger partial charge in [-0.25, -0.2) is 0 Å². The van der Waals surface area contributed by atoms with Gasteiger partial charge in [0.15, 0.2) is 0 Å². The number of amides is 2. The number of halogens is 2. The second-order valence-corrected chi connectivity index (χ2v) is 7.46. The lowest BCUT2D eigenvalue weighted by Gasteiger charge is -2.13. The number of nitro groups is 1. The van der Waals surface area contributed by atoms with Gasteiger partial charge in [0, 0.05) is 17.8 Å². The number of carbonyl (C=O) groups is 2. The van der Waals surface area contributed by atoms with Crippen molar-refractivity contribution < 1.29 is 19.2 Å². The number of nitrogens with one attached hydrogen (secondary N) is 2. The highest BCUT2D eigenvalue weighted by atomic mass is 35.5. The Kier molecular flexibility index (Phi) is 7.66. The van der Waals surface area contributed by atoms with Gasteiger partial charge < -0.3 is 15.4 Å². The van der Waals surface area contributed by atoms with Crippen LogP contribution in [0.5, 0.6) is 5.75 Å². The number of nitro benzene ring substituents is 1. The van der Waals surface area contributed by atoms with Crippen LogP contribution in [0.25, 0.3) is 6.08 Å². The summed E-state index contributed by atoms with van der Waals surface area (Å²) in [5.74, 6) is -0.877. The first-order valence-corrected chi connectivity index (χ1v) is 10.2. The Morgan fingerprint density at radius 3 is 2.42 bits per heavy atom. The molecule has 0 atom stereocenters. The van der Waals surface area contributed by atoms with Gasteiger partial charge in [0.1, 0.15) is 11.4 Å². The molecular weight excluding hydrogens is 469 g/mol. The number of ether oxygens (including phenoxy) is 1. The molecule has 0 aliphatic rings. The van der Waals surface area contributed by atoms with Gasteiger partial charge in [-0.15, -0.1) is 0 Å². The second-order valence-electron chi connectivity index (χ2n) is 6.65. The van der Waals surface area contributed by atoms with Crippen LogP contribution in [0.1, 0.15) is 15.9 Å². The summed E-state index contributed by atoms with van der Waals surface area (Å²) >= 11 is 12.2. The first-order chi connectivity index (χ1) is 15.8. The number of hydrogen-bond donors (Lipinski definition) is 2. The summed E-state index contributed by atoms with van der Waals surface area (Å²) in [6, 6.07) is 16.6. The molecule has 3 rings (SSSR count). The fourth-order valence-corrected chi connectivity index (χ4v) is 3.31. The van der Waals surface area contributed by atoms with Crippen LogP contribution in [-0.4, -0.2) is 23.8 Å². The zero-order valence-electron chi connectivity index (χ0n) is 17.2. The van der Waals surface area contributed by atoms with Crippen LogP contribution in [0.15, 0.2) is 72.4 Å². The van der Waals surface area contributed by atoms with Crippen molar-refractivity contribution in [3.8, 4) is 5.75 Å². The van der Waals surface area contributed by atoms with E-state index in [4.69, 9.17) is 27.9 Å². The van der Waals surface area contributed by atoms with Crippen LogP contribution < -0.4 is 15.4 Å². The number of methoxy groups -OCH3 is 1. The van der Waals surface area contributed by atoms with E-state index >= 15 is 0 Å². The molecule has 0 fully saturated rings. The van der Waals surface area contributed by atoms with Crippen LogP contribution in [0.3, 0.4) is 0 Å². The summed E-state index contributed by atoms with van der Waals surface area (Å²) in [5, 5.41) is 16.7. The second kappa shape index (κ2) is 10.6. The fourth-order valence-electron chi connectivity index (χ4n) is 2.83. The predicted molar refractivity (Wildman–Crippen MR) is 127 cm³/mol. The molecule has 0 spiro atoms. The Bertz CT molecular complexity index is 1260. The molecule has 0 radical (unpaired) electrons. The summed E-state index contributed by atoms with van der Waals surface area (Å²) in [4.78, 5) is 36.3. The normalized spacial score (nSPS) is 10.9. The molecule has 0 aliphatic heterocycles. The third kappa shape index (κ3) is 6.09. The number of benzene rings is 3. The van der Waals surface area contributed by atoms with Crippen LogP contribution in [-0.2, 0) is 4.79 Å². The predicted octanol–water partition coefficient (Wildman–Crippen LogP) is 5.32. The molecule has 2 N–H and O–H groups in total. The summed E-state index contributed by atoms with van der Waals surface area (Å²) in [7, 11) is 1.46. The van der Waals surface area contributed by atoms with Gasteiger partial charge in [-0.05, 0) is 42.0 Å². The van der Waals surface area contributed by atoms with Crippen molar-refractivity contribution in [2.75, 3.05) is 12.4 Å². The van der Waals surface area contributed by atoms with E-state index in [0.717, 1.165) is 0 Å². The molecule has 0 bridgehead atoms. The van der Waals surface area contributed by atoms with Crippen LogP contribution in [0.4, 0.5) is 11.4 Å². The monoisotopic (exact) mass is 485 g/mol. The lowest BCUT2D eigenvalue weighted by molar-refractivity contribution is -0.384. The molecule has 33 heavy (non-hydrogen) atoms. The molecule has 0 saturated carbocycles. The molecule has 168 valence electrons. The van der Waals surface area contributed by atoms with E-state index in [-0.39, 0.29) is 27.0 Å². The summed E-state index contributed by atoms with van der Waals surface area (Å²) in [6.45, 7) is 0. The number of nitrogens with zero attached hydrogens (tertiary/aromatic N) is 1. The SMILES string of the molecule is COc1ccc(NC(=O)/C(=C\c2cccc([N+](=O)[O-])c2)NC(=O)c2ccccc2Cl)cc1Cl. The maximum atomic E-state index is 13.0. The van der Waals surface area contributed by atoms with Crippen LogP contribution in [0, 0.1) is 10.1 Å². The van der Waals surface area contributed by atoms with E-state index in [2.05, 4.69) is 10.6 Å². The molecule has 3 aromatic carbocycles. The number of rotatable bonds is 7. The average Bonchev–Trinajstić information content (AvgIpc) is 2.79. The van der Waals surface area contributed by atoms with Gasteiger partial charge in [0.2, 0.25) is 0 Å². The first-order valence-electron chi connectivity index (χ1n) is 9.45. The van der Waals surface area contributed by atoms with Gasteiger partial charge in [0.25, 0.3) is 17.5 Å². The number of hydrogen-bond acceptors (Lipinski definition) is 5. The highest BCUT2D eigenvalue weighted by Crippen LogP contribution is 2.27. The zero-order valence-corrected chi connectivity index (χ0v) is 18.7. The topological polar surface area (TPSA) is 111 Å². The number of carbonyl (C=O) groups excluding carboxylic acids is 2. The van der Waals surface area contributed by atoms with E-state index < -0.39 is 16.7 Å². The van der Waals surface area contributed by atoms with E-state index in [9.17, 15) is 19.7 Å². The molecule has 0 heterocycles. The number of anilines is 1. The summed E-state index contributed by atoms with van der Waals surface area (Å²) < 4.78 is 5.09. The first kappa shape index (κ1) is 23.8. The summed E-state index contributed by atoms with van der Waals surface area (Å²) in [5.41, 5.74) is 0.518. The fraction of sp³-hybridized carbons (Fsp3) is 0.0435. The lowest BCUT2D eigenvalue weighted by atomic mass is 10.1. The molecule has 0 aromatic heterocycles. The van der Waals surface area contributed by atoms with Gasteiger partial charge in [-0.1, -0.05) is 47.5 Å². The quantitative estimate of drug-likeness (QED) is 0.267. The van der Waals surface area contributed by atoms with E-state index in [1.807, 2.05) is 0 Å². The minimum Gasteiger partial charge on any atom is -0.495 e. The van der Waals surface area contributed by atoms with Crippen LogP contribution in [0.2, 0.25) is 10.0 Å². The third-order valence-corrected chi connectivity index (χ3v) is 5.04. The van der Waals surface area contributed by atoms with Crippen molar-refractivity contribution in [3.63, 3.8) is 0 Å². The van der Waals surface area contributed by atoms with E-state index in [0.29, 0.717) is 17.0 Å². The molecule has 2 amide bonds. The molecule has 0 saturated heterocycles. The Hall–Kier alpha value is -3.88. The van der Waals surface area contributed by atoms with Gasteiger partial charge >= 0.3 is 0 Å². The Labute approximate surface area is 198 Å². The Balaban J connectivity index is 1.95. The third-order valence-electron chi connectivity index (χ3n) is 4.41. The number of non-ortho nitro benzene ring substituents is 1. The van der Waals surface area contributed by atoms with Crippen molar-refractivity contribution >= 4 is 52.5 Å². The van der Waals surface area contributed by atoms with Gasteiger partial charge in [-0.2, -0.15) is 0 Å². The zero-order chi connectivity index (χ0) is 24.0. The summed E-state index contributed by atoms with van der Waals surface area (Å²) in [6.07, 6.45) is 1.32. The van der Waals surface area contributed by atoms with Crippen molar-refractivity contribution in [2.45, 2.75) is 0 Å². The molecular formula is C23H17Cl2N3O5. The van der Waals surface area contributed by atoms with Gasteiger partial charge in [0.05, 0.1) is 27.6 Å². The molecule has 0 aliphatic carbocycles. The molecule has 0 unspecified atom stereocenters. The van der Waals surface area contributed by atoms with Crippen molar-refractivity contribution in [3.05, 3.63) is 104 Å².